The first-order valence-corrected chi connectivity index (χ1v) is 14.5. The Bertz CT molecular complexity index is 1320. The highest BCUT2D eigenvalue weighted by molar-refractivity contribution is 7.89. The van der Waals surface area contributed by atoms with Crippen molar-refractivity contribution in [2.45, 2.75) is 49.4 Å². The molecule has 3 rings (SSSR count). The molecule has 0 bridgehead atoms. The summed E-state index contributed by atoms with van der Waals surface area (Å²) >= 11 is 0. The van der Waals surface area contributed by atoms with E-state index in [0.717, 1.165) is 12.8 Å². The van der Waals surface area contributed by atoms with E-state index in [4.69, 9.17) is 9.47 Å². The number of nitrogens with zero attached hydrogens (tertiary/aromatic N) is 1. The predicted octanol–water partition coefficient (Wildman–Crippen LogP) is 3.06. The summed E-state index contributed by atoms with van der Waals surface area (Å²) in [4.78, 5) is 13.2. The van der Waals surface area contributed by atoms with Gasteiger partial charge in [-0.2, -0.15) is 4.31 Å². The molecule has 198 valence electrons. The highest BCUT2D eigenvalue weighted by atomic mass is 32.2. The molecule has 1 aliphatic heterocycles. The van der Waals surface area contributed by atoms with Crippen molar-refractivity contribution in [2.24, 2.45) is 5.92 Å². The van der Waals surface area contributed by atoms with Crippen LogP contribution in [0.3, 0.4) is 0 Å². The molecule has 0 saturated carbocycles. The number of nitrogens with one attached hydrogen (secondary N) is 2. The molecular formula is C24H33N3O7S2. The molecule has 0 aliphatic carbocycles. The van der Waals surface area contributed by atoms with Gasteiger partial charge in [0.1, 0.15) is 11.5 Å². The van der Waals surface area contributed by atoms with Gasteiger partial charge in [0.25, 0.3) is 5.91 Å². The molecule has 1 amide bonds. The number of carbonyl (C=O) groups is 1. The van der Waals surface area contributed by atoms with E-state index in [1.165, 1.54) is 54.9 Å². The molecular weight excluding hydrogens is 506 g/mol. The van der Waals surface area contributed by atoms with Gasteiger partial charge in [-0.25, -0.2) is 21.6 Å². The molecule has 1 aliphatic rings. The summed E-state index contributed by atoms with van der Waals surface area (Å²) in [5.41, 5.74) is 0.0917. The predicted molar refractivity (Wildman–Crippen MR) is 137 cm³/mol. The summed E-state index contributed by atoms with van der Waals surface area (Å²) < 4.78 is 66.2. The Morgan fingerprint density at radius 3 is 2.11 bits per heavy atom. The Morgan fingerprint density at radius 1 is 0.944 bits per heavy atom. The number of hydrogen-bond acceptors (Lipinski definition) is 7. The maximum atomic E-state index is 13.3. The average molecular weight is 540 g/mol. The van der Waals surface area contributed by atoms with Crippen LogP contribution in [0.5, 0.6) is 11.5 Å². The molecule has 10 nitrogen and oxygen atoms in total. The van der Waals surface area contributed by atoms with Crippen molar-refractivity contribution < 1.29 is 31.1 Å². The molecule has 0 aromatic heterocycles. The van der Waals surface area contributed by atoms with Crippen LogP contribution in [-0.2, 0) is 20.0 Å². The van der Waals surface area contributed by atoms with Gasteiger partial charge < -0.3 is 14.8 Å². The number of carbonyl (C=O) groups excluding carboxylic acids is 1. The lowest BCUT2D eigenvalue weighted by molar-refractivity contribution is 0.102. The summed E-state index contributed by atoms with van der Waals surface area (Å²) in [6.07, 6.45) is 1.54. The third-order valence-corrected chi connectivity index (χ3v) is 9.47. The average Bonchev–Trinajstić information content (AvgIpc) is 2.83. The standard InChI is InChI=1S/C24H33N3O7S2/c1-16(2)26-35(29,30)18-6-9-23(34-5)21(15-18)25-24(28)20-14-19(7-8-22(20)33-4)36(31,32)27-12-10-17(3)11-13-27/h6-9,14-17,26H,10-13H2,1-5H3,(H,25,28). The quantitative estimate of drug-likeness (QED) is 0.501. The largest absolute Gasteiger partial charge is 0.496 e. The third-order valence-electron chi connectivity index (χ3n) is 5.92. The van der Waals surface area contributed by atoms with Crippen molar-refractivity contribution in [3.8, 4) is 11.5 Å². The van der Waals surface area contributed by atoms with Gasteiger partial charge in [-0.1, -0.05) is 6.92 Å². The molecule has 0 unspecified atom stereocenters. The van der Waals surface area contributed by atoms with E-state index in [1.807, 2.05) is 0 Å². The van der Waals surface area contributed by atoms with Gasteiger partial charge in [0.05, 0.1) is 35.3 Å². The second-order valence-corrected chi connectivity index (χ2v) is 12.7. The van der Waals surface area contributed by atoms with Crippen LogP contribution in [0.2, 0.25) is 0 Å². The van der Waals surface area contributed by atoms with Gasteiger partial charge in [0.15, 0.2) is 0 Å². The molecule has 12 heteroatoms. The third kappa shape index (κ3) is 6.17. The normalized spacial score (nSPS) is 15.6. The lowest BCUT2D eigenvalue weighted by Gasteiger charge is -2.29. The summed E-state index contributed by atoms with van der Waals surface area (Å²) in [6.45, 7) is 6.32. The first kappa shape index (κ1) is 27.9. The zero-order chi connectivity index (χ0) is 26.7. The zero-order valence-electron chi connectivity index (χ0n) is 21.1. The Balaban J connectivity index is 1.96. The minimum absolute atomic E-state index is 0.0143. The van der Waals surface area contributed by atoms with Crippen molar-refractivity contribution in [1.82, 2.24) is 9.03 Å². The number of methoxy groups -OCH3 is 2. The second kappa shape index (κ2) is 11.2. The van der Waals surface area contributed by atoms with Crippen molar-refractivity contribution >= 4 is 31.6 Å². The smallest absolute Gasteiger partial charge is 0.259 e. The van der Waals surface area contributed by atoms with E-state index in [9.17, 15) is 21.6 Å². The first-order chi connectivity index (χ1) is 16.9. The van der Waals surface area contributed by atoms with Gasteiger partial charge >= 0.3 is 0 Å². The molecule has 2 N–H and O–H groups in total. The van der Waals surface area contributed by atoms with Crippen LogP contribution in [0, 0.1) is 5.92 Å². The summed E-state index contributed by atoms with van der Waals surface area (Å²) in [6, 6.07) is 7.87. The van der Waals surface area contributed by atoms with Crippen LogP contribution in [0.25, 0.3) is 0 Å². The molecule has 1 fully saturated rings. The number of rotatable bonds is 9. The fourth-order valence-electron chi connectivity index (χ4n) is 3.92. The number of piperidine rings is 1. The lowest BCUT2D eigenvalue weighted by Crippen LogP contribution is -2.37. The van der Waals surface area contributed by atoms with Gasteiger partial charge in [0.2, 0.25) is 20.0 Å². The van der Waals surface area contributed by atoms with Gasteiger partial charge in [-0.3, -0.25) is 4.79 Å². The highest BCUT2D eigenvalue weighted by Gasteiger charge is 2.29. The lowest BCUT2D eigenvalue weighted by atomic mass is 10.0. The molecule has 2 aromatic carbocycles. The van der Waals surface area contributed by atoms with Crippen LogP contribution in [0.15, 0.2) is 46.2 Å². The zero-order valence-corrected chi connectivity index (χ0v) is 22.7. The molecule has 1 heterocycles. The molecule has 0 radical (unpaired) electrons. The number of anilines is 1. The van der Waals surface area contributed by atoms with Gasteiger partial charge in [0, 0.05) is 19.1 Å². The van der Waals surface area contributed by atoms with E-state index in [1.54, 1.807) is 13.8 Å². The summed E-state index contributed by atoms with van der Waals surface area (Å²) in [5.74, 6) is 0.180. The minimum atomic E-state index is -3.83. The molecule has 0 spiro atoms. The Hall–Kier alpha value is -2.67. The van der Waals surface area contributed by atoms with E-state index in [-0.39, 0.29) is 38.6 Å². The fourth-order valence-corrected chi connectivity index (χ4v) is 6.69. The van der Waals surface area contributed by atoms with Gasteiger partial charge in [-0.05, 0) is 69.0 Å². The SMILES string of the molecule is COc1ccc(S(=O)(=O)NC(C)C)cc1NC(=O)c1cc(S(=O)(=O)N2CCC(C)CC2)ccc1OC. The van der Waals surface area contributed by atoms with E-state index in [0.29, 0.717) is 19.0 Å². The van der Waals surface area contributed by atoms with E-state index >= 15 is 0 Å². The van der Waals surface area contributed by atoms with Crippen molar-refractivity contribution in [3.05, 3.63) is 42.0 Å². The number of benzene rings is 2. The number of hydrogen-bond donors (Lipinski definition) is 2. The molecule has 1 saturated heterocycles. The topological polar surface area (TPSA) is 131 Å². The number of sulfonamides is 2. The van der Waals surface area contributed by atoms with Gasteiger partial charge in [-0.15, -0.1) is 0 Å². The van der Waals surface area contributed by atoms with Crippen LogP contribution in [-0.4, -0.2) is 60.4 Å². The second-order valence-electron chi connectivity index (χ2n) is 9.04. The number of amides is 1. The van der Waals surface area contributed by atoms with Crippen molar-refractivity contribution in [2.75, 3.05) is 32.6 Å². The van der Waals surface area contributed by atoms with Crippen LogP contribution in [0.1, 0.15) is 44.0 Å². The summed E-state index contributed by atoms with van der Waals surface area (Å²) in [5, 5.41) is 2.64. The maximum Gasteiger partial charge on any atom is 0.259 e. The summed E-state index contributed by atoms with van der Waals surface area (Å²) in [7, 11) is -4.87. The maximum absolute atomic E-state index is 13.3. The molecule has 0 atom stereocenters. The fraction of sp³-hybridized carbons (Fsp3) is 0.458. The van der Waals surface area contributed by atoms with Crippen molar-refractivity contribution in [3.63, 3.8) is 0 Å². The van der Waals surface area contributed by atoms with E-state index in [2.05, 4.69) is 17.0 Å². The van der Waals surface area contributed by atoms with Crippen LogP contribution >= 0.6 is 0 Å². The molecule has 2 aromatic rings. The van der Waals surface area contributed by atoms with Crippen LogP contribution < -0.4 is 19.5 Å². The Labute approximate surface area is 213 Å². The Morgan fingerprint density at radius 2 is 1.53 bits per heavy atom. The highest BCUT2D eigenvalue weighted by Crippen LogP contribution is 2.31. The Kier molecular flexibility index (Phi) is 8.65. The van der Waals surface area contributed by atoms with E-state index < -0.39 is 26.0 Å². The minimum Gasteiger partial charge on any atom is -0.496 e. The van der Waals surface area contributed by atoms with Crippen molar-refractivity contribution in [1.29, 1.82) is 0 Å². The van der Waals surface area contributed by atoms with Crippen LogP contribution in [0.4, 0.5) is 5.69 Å². The first-order valence-electron chi connectivity index (χ1n) is 11.6. The monoisotopic (exact) mass is 539 g/mol. The number of ether oxygens (including phenoxy) is 2. The molecule has 36 heavy (non-hydrogen) atoms.